The Morgan fingerprint density at radius 1 is 1.16 bits per heavy atom. The van der Waals surface area contributed by atoms with Gasteiger partial charge in [0.2, 0.25) is 5.91 Å². The Balaban J connectivity index is 1.51. The van der Waals surface area contributed by atoms with Crippen LogP contribution >= 0.6 is 39.0 Å². The Hall–Kier alpha value is -2.83. The van der Waals surface area contributed by atoms with Crippen LogP contribution in [-0.4, -0.2) is 55.3 Å². The monoisotopic (exact) mass is 608 g/mol. The van der Waals surface area contributed by atoms with E-state index >= 15 is 0 Å². The smallest absolute Gasteiger partial charge is 0.341 e. The summed E-state index contributed by atoms with van der Waals surface area (Å²) in [7, 11) is 3.01. The van der Waals surface area contributed by atoms with E-state index in [1.54, 1.807) is 25.1 Å². The molecule has 3 amide bonds. The summed E-state index contributed by atoms with van der Waals surface area (Å²) < 4.78 is 16.5. The number of carbonyl (C=O) groups is 4. The minimum absolute atomic E-state index is 0.177. The zero-order valence-corrected chi connectivity index (χ0v) is 23.7. The number of ether oxygens (including phenoxy) is 3. The highest BCUT2D eigenvalue weighted by atomic mass is 79.9. The van der Waals surface area contributed by atoms with E-state index in [0.29, 0.717) is 32.1 Å². The number of nitrogens with one attached hydrogen (secondary N) is 1. The Labute approximate surface area is 230 Å². The highest BCUT2D eigenvalue weighted by molar-refractivity contribution is 9.10. The van der Waals surface area contributed by atoms with Crippen molar-refractivity contribution in [1.29, 1.82) is 0 Å². The van der Waals surface area contributed by atoms with Crippen LogP contribution in [0.5, 0.6) is 11.5 Å². The minimum Gasteiger partial charge on any atom is -0.493 e. The fourth-order valence-electron chi connectivity index (χ4n) is 4.19. The van der Waals surface area contributed by atoms with E-state index in [1.165, 1.54) is 25.6 Å². The van der Waals surface area contributed by atoms with Crippen LogP contribution in [0.25, 0.3) is 6.08 Å². The maximum absolute atomic E-state index is 13.0. The lowest BCUT2D eigenvalue weighted by Crippen LogP contribution is -2.36. The summed E-state index contributed by atoms with van der Waals surface area (Å²) >= 11 is 5.51. The van der Waals surface area contributed by atoms with Gasteiger partial charge in [-0.15, -0.1) is 11.3 Å². The molecule has 1 aliphatic heterocycles. The third-order valence-corrected chi connectivity index (χ3v) is 8.54. The number of fused-ring (bicyclic) bond motifs is 1. The number of amides is 3. The number of hydrogen-bond donors (Lipinski definition) is 1. The molecule has 196 valence electrons. The van der Waals surface area contributed by atoms with Crippen molar-refractivity contribution < 1.29 is 33.4 Å². The normalized spacial score (nSPS) is 16.1. The van der Waals surface area contributed by atoms with Crippen molar-refractivity contribution in [1.82, 2.24) is 4.90 Å². The van der Waals surface area contributed by atoms with E-state index in [1.807, 2.05) is 0 Å². The van der Waals surface area contributed by atoms with Gasteiger partial charge in [0, 0.05) is 4.88 Å². The Morgan fingerprint density at radius 2 is 1.92 bits per heavy atom. The summed E-state index contributed by atoms with van der Waals surface area (Å²) in [6.45, 7) is 1.47. The number of halogens is 1. The Bertz CT molecular complexity index is 1300. The molecule has 12 heteroatoms. The zero-order chi connectivity index (χ0) is 26.7. The predicted molar refractivity (Wildman–Crippen MR) is 145 cm³/mol. The number of nitrogens with zero attached hydrogens (tertiary/aromatic N) is 1. The van der Waals surface area contributed by atoms with E-state index in [9.17, 15) is 19.2 Å². The van der Waals surface area contributed by atoms with Gasteiger partial charge in [0.25, 0.3) is 11.1 Å². The lowest BCUT2D eigenvalue weighted by Gasteiger charge is -2.13. The van der Waals surface area contributed by atoms with Crippen molar-refractivity contribution in [2.75, 3.05) is 32.7 Å². The number of benzene rings is 1. The fraction of sp³-hybridized carbons (Fsp3) is 0.360. The van der Waals surface area contributed by atoms with Crippen LogP contribution in [0.2, 0.25) is 0 Å². The first-order valence-corrected chi connectivity index (χ1v) is 14.0. The molecule has 0 atom stereocenters. The highest BCUT2D eigenvalue weighted by Gasteiger charge is 2.37. The number of thioether (sulfide) groups is 1. The molecule has 1 aromatic heterocycles. The lowest BCUT2D eigenvalue weighted by molar-refractivity contribution is -0.127. The summed E-state index contributed by atoms with van der Waals surface area (Å²) in [6.07, 6.45) is 5.12. The molecule has 1 N–H and O–H groups in total. The maximum Gasteiger partial charge on any atom is 0.341 e. The molecular weight excluding hydrogens is 584 g/mol. The summed E-state index contributed by atoms with van der Waals surface area (Å²) in [6, 6.07) is 3.41. The average Bonchev–Trinajstić information content (AvgIpc) is 3.35. The quantitative estimate of drug-likeness (QED) is 0.319. The highest BCUT2D eigenvalue weighted by Crippen LogP contribution is 2.40. The maximum atomic E-state index is 13.0. The number of imide groups is 1. The average molecular weight is 610 g/mol. The van der Waals surface area contributed by atoms with E-state index in [4.69, 9.17) is 14.2 Å². The molecule has 9 nitrogen and oxygen atoms in total. The largest absolute Gasteiger partial charge is 0.493 e. The predicted octanol–water partition coefficient (Wildman–Crippen LogP) is 5.26. The number of thiophene rings is 1. The Morgan fingerprint density at radius 3 is 2.62 bits per heavy atom. The first kappa shape index (κ1) is 27.2. The molecule has 0 spiro atoms. The summed E-state index contributed by atoms with van der Waals surface area (Å²) in [4.78, 5) is 53.3. The van der Waals surface area contributed by atoms with Gasteiger partial charge in [-0.1, -0.05) is 0 Å². The van der Waals surface area contributed by atoms with Gasteiger partial charge in [0.1, 0.15) is 11.5 Å². The Kier molecular flexibility index (Phi) is 8.60. The van der Waals surface area contributed by atoms with Gasteiger partial charge in [-0.3, -0.25) is 19.3 Å². The number of rotatable bonds is 8. The van der Waals surface area contributed by atoms with Gasteiger partial charge in [-0.25, -0.2) is 4.79 Å². The van der Waals surface area contributed by atoms with Gasteiger partial charge in [-0.05, 0) is 89.6 Å². The van der Waals surface area contributed by atoms with Crippen LogP contribution in [-0.2, 0) is 27.2 Å². The molecule has 1 fully saturated rings. The number of esters is 1. The van der Waals surface area contributed by atoms with E-state index in [0.717, 1.165) is 52.8 Å². The van der Waals surface area contributed by atoms with Crippen molar-refractivity contribution in [2.45, 2.75) is 32.6 Å². The summed E-state index contributed by atoms with van der Waals surface area (Å²) in [5.74, 6) is -0.666. The summed E-state index contributed by atoms with van der Waals surface area (Å²) in [5, 5.41) is 2.58. The number of carbonyl (C=O) groups excluding carboxylic acids is 4. The third kappa shape index (κ3) is 5.70. The molecule has 1 saturated heterocycles. The molecule has 1 aromatic carbocycles. The van der Waals surface area contributed by atoms with Gasteiger partial charge in [0.05, 0.1) is 35.8 Å². The van der Waals surface area contributed by atoms with Crippen LogP contribution in [0.1, 0.15) is 46.1 Å². The molecule has 0 saturated carbocycles. The van der Waals surface area contributed by atoms with Crippen molar-refractivity contribution in [3.05, 3.63) is 43.1 Å². The van der Waals surface area contributed by atoms with Gasteiger partial charge in [0.15, 0.2) is 11.5 Å². The zero-order valence-electron chi connectivity index (χ0n) is 20.5. The molecule has 0 unspecified atom stereocenters. The number of anilines is 1. The number of hydrogen-bond acceptors (Lipinski definition) is 9. The SMILES string of the molecule is CCOC(=O)c1c(NC(=O)CN2C(=O)SC(=Cc3cc(Br)c(OC)c(OC)c3)C2=O)sc2c1CCCC2. The van der Waals surface area contributed by atoms with Crippen LogP contribution in [0.4, 0.5) is 9.80 Å². The van der Waals surface area contributed by atoms with Gasteiger partial charge >= 0.3 is 5.97 Å². The fourth-order valence-corrected chi connectivity index (χ4v) is 6.95. The first-order valence-electron chi connectivity index (χ1n) is 11.6. The number of methoxy groups -OCH3 is 2. The topological polar surface area (TPSA) is 111 Å². The van der Waals surface area contributed by atoms with Crippen molar-refractivity contribution >= 4 is 73.1 Å². The van der Waals surface area contributed by atoms with Crippen molar-refractivity contribution in [3.8, 4) is 11.5 Å². The second-order valence-electron chi connectivity index (χ2n) is 8.19. The second-order valence-corrected chi connectivity index (χ2v) is 11.1. The van der Waals surface area contributed by atoms with E-state index in [-0.39, 0.29) is 11.5 Å². The molecule has 2 heterocycles. The van der Waals surface area contributed by atoms with Crippen molar-refractivity contribution in [3.63, 3.8) is 0 Å². The lowest BCUT2D eigenvalue weighted by atomic mass is 9.95. The van der Waals surface area contributed by atoms with Gasteiger partial charge < -0.3 is 19.5 Å². The van der Waals surface area contributed by atoms with Crippen LogP contribution in [0, 0.1) is 0 Å². The van der Waals surface area contributed by atoms with E-state index < -0.39 is 29.6 Å². The second kappa shape index (κ2) is 11.7. The van der Waals surface area contributed by atoms with Gasteiger partial charge in [-0.2, -0.15) is 0 Å². The minimum atomic E-state index is -0.577. The molecule has 0 radical (unpaired) electrons. The van der Waals surface area contributed by atoms with Crippen molar-refractivity contribution in [2.24, 2.45) is 0 Å². The molecule has 1 aliphatic carbocycles. The molecule has 2 aromatic rings. The third-order valence-electron chi connectivity index (χ3n) is 5.83. The van der Waals surface area contributed by atoms with Crippen LogP contribution in [0.15, 0.2) is 21.5 Å². The molecule has 0 bridgehead atoms. The van der Waals surface area contributed by atoms with Crippen LogP contribution < -0.4 is 14.8 Å². The standard InChI is InChI=1S/C25H25BrN2O7S2/c1-4-35-24(31)20-14-7-5-6-8-17(14)36-22(20)27-19(29)12-28-23(30)18(37-25(28)32)11-13-9-15(26)21(34-3)16(10-13)33-2/h9-11H,4-8,12H2,1-3H3,(H,27,29). The van der Waals surface area contributed by atoms with Crippen LogP contribution in [0.3, 0.4) is 0 Å². The summed E-state index contributed by atoms with van der Waals surface area (Å²) in [5.41, 5.74) is 1.91. The first-order chi connectivity index (χ1) is 17.8. The number of aryl methyl sites for hydroxylation is 1. The molecule has 4 rings (SSSR count). The molecule has 2 aliphatic rings. The molecule has 37 heavy (non-hydrogen) atoms. The molecular formula is C25H25BrN2O7S2. The van der Waals surface area contributed by atoms with E-state index in [2.05, 4.69) is 21.2 Å².